The summed E-state index contributed by atoms with van der Waals surface area (Å²) in [4.78, 5) is 19.3. The molecule has 2 amide bonds. The Hall–Kier alpha value is -1.37. The molecule has 2 aromatic heterocycles. The standard InChI is InChI=1S/C16H19N3OS2/c20-16(17-8-14-2-1-6-21-14)19-10-13(11-19)18-5-3-15-12(9-18)4-7-22-15/h1-2,4,6-7,13H,3,5,8-11H2,(H,17,20). The Bertz CT molecular complexity index is 646. The maximum Gasteiger partial charge on any atom is 0.317 e. The molecule has 2 aliphatic heterocycles. The zero-order valence-electron chi connectivity index (χ0n) is 12.3. The van der Waals surface area contributed by atoms with Gasteiger partial charge in [-0.3, -0.25) is 4.90 Å². The Morgan fingerprint density at radius 3 is 3.00 bits per heavy atom. The summed E-state index contributed by atoms with van der Waals surface area (Å²) in [5, 5.41) is 7.23. The molecule has 4 nitrogen and oxygen atoms in total. The van der Waals surface area contributed by atoms with Crippen LogP contribution in [-0.4, -0.2) is 41.5 Å². The van der Waals surface area contributed by atoms with Gasteiger partial charge in [-0.15, -0.1) is 22.7 Å². The van der Waals surface area contributed by atoms with E-state index in [-0.39, 0.29) is 6.03 Å². The fraction of sp³-hybridized carbons (Fsp3) is 0.438. The van der Waals surface area contributed by atoms with Crippen LogP contribution in [-0.2, 0) is 19.5 Å². The molecule has 6 heteroatoms. The van der Waals surface area contributed by atoms with Gasteiger partial charge in [-0.05, 0) is 34.9 Å². The molecule has 1 fully saturated rings. The van der Waals surface area contributed by atoms with Crippen molar-refractivity contribution in [3.8, 4) is 0 Å². The maximum absolute atomic E-state index is 12.1. The van der Waals surface area contributed by atoms with Crippen molar-refractivity contribution < 1.29 is 4.79 Å². The molecule has 1 saturated heterocycles. The van der Waals surface area contributed by atoms with E-state index in [1.54, 1.807) is 16.2 Å². The van der Waals surface area contributed by atoms with Crippen LogP contribution >= 0.6 is 22.7 Å². The summed E-state index contributed by atoms with van der Waals surface area (Å²) < 4.78 is 0. The lowest BCUT2D eigenvalue weighted by Crippen LogP contribution is -2.63. The minimum atomic E-state index is 0.0675. The number of nitrogens with zero attached hydrogens (tertiary/aromatic N) is 2. The molecule has 4 rings (SSSR count). The van der Waals surface area contributed by atoms with Crippen molar-refractivity contribution in [3.63, 3.8) is 0 Å². The van der Waals surface area contributed by atoms with E-state index in [2.05, 4.69) is 27.7 Å². The molecule has 0 atom stereocenters. The molecule has 2 aliphatic rings. The van der Waals surface area contributed by atoms with Crippen LogP contribution in [0.5, 0.6) is 0 Å². The molecule has 4 heterocycles. The van der Waals surface area contributed by atoms with Gasteiger partial charge < -0.3 is 10.2 Å². The molecule has 1 N–H and O–H groups in total. The van der Waals surface area contributed by atoms with Crippen molar-refractivity contribution in [3.05, 3.63) is 44.3 Å². The van der Waals surface area contributed by atoms with Crippen molar-refractivity contribution in [2.75, 3.05) is 19.6 Å². The first kappa shape index (κ1) is 14.2. The number of hydrogen-bond donors (Lipinski definition) is 1. The number of fused-ring (bicyclic) bond motifs is 1. The van der Waals surface area contributed by atoms with E-state index in [1.165, 1.54) is 10.4 Å². The van der Waals surface area contributed by atoms with Gasteiger partial charge in [-0.2, -0.15) is 0 Å². The number of hydrogen-bond acceptors (Lipinski definition) is 4. The number of carbonyl (C=O) groups is 1. The maximum atomic E-state index is 12.1. The van der Waals surface area contributed by atoms with Gasteiger partial charge in [0.1, 0.15) is 0 Å². The lowest BCUT2D eigenvalue weighted by atomic mass is 10.0. The van der Waals surface area contributed by atoms with Crippen LogP contribution in [0.25, 0.3) is 0 Å². The summed E-state index contributed by atoms with van der Waals surface area (Å²) in [7, 11) is 0. The Morgan fingerprint density at radius 1 is 1.27 bits per heavy atom. The van der Waals surface area contributed by atoms with Gasteiger partial charge in [-0.1, -0.05) is 6.07 Å². The minimum Gasteiger partial charge on any atom is -0.333 e. The number of carbonyl (C=O) groups excluding carboxylic acids is 1. The molecule has 0 spiro atoms. The number of thiophene rings is 2. The summed E-state index contributed by atoms with van der Waals surface area (Å²) in [5.74, 6) is 0. The van der Waals surface area contributed by atoms with Crippen LogP contribution in [0.4, 0.5) is 4.79 Å². The van der Waals surface area contributed by atoms with Crippen LogP contribution in [0.1, 0.15) is 15.3 Å². The third kappa shape index (κ3) is 2.78. The summed E-state index contributed by atoms with van der Waals surface area (Å²) in [6, 6.07) is 6.91. The van der Waals surface area contributed by atoms with Gasteiger partial charge in [0.2, 0.25) is 0 Å². The van der Waals surface area contributed by atoms with E-state index in [9.17, 15) is 4.79 Å². The summed E-state index contributed by atoms with van der Waals surface area (Å²) in [5.41, 5.74) is 1.48. The van der Waals surface area contributed by atoms with Gasteiger partial charge >= 0.3 is 6.03 Å². The molecule has 0 saturated carbocycles. The highest BCUT2D eigenvalue weighted by molar-refractivity contribution is 7.10. The van der Waals surface area contributed by atoms with Crippen molar-refractivity contribution in [2.45, 2.75) is 25.6 Å². The molecular weight excluding hydrogens is 314 g/mol. The molecule has 22 heavy (non-hydrogen) atoms. The van der Waals surface area contributed by atoms with Gasteiger partial charge in [-0.25, -0.2) is 4.79 Å². The van der Waals surface area contributed by atoms with Crippen molar-refractivity contribution >= 4 is 28.7 Å². The van der Waals surface area contributed by atoms with E-state index in [4.69, 9.17) is 0 Å². The van der Waals surface area contributed by atoms with E-state index in [0.717, 1.165) is 32.6 Å². The zero-order chi connectivity index (χ0) is 14.9. The Balaban J connectivity index is 1.25. The Labute approximate surface area is 138 Å². The van der Waals surface area contributed by atoms with Crippen LogP contribution in [0, 0.1) is 0 Å². The summed E-state index contributed by atoms with van der Waals surface area (Å²) >= 11 is 3.55. The number of nitrogens with one attached hydrogen (secondary N) is 1. The first-order valence-corrected chi connectivity index (χ1v) is 9.40. The molecular formula is C16H19N3OS2. The van der Waals surface area contributed by atoms with Crippen LogP contribution in [0.3, 0.4) is 0 Å². The first-order valence-electron chi connectivity index (χ1n) is 7.64. The minimum absolute atomic E-state index is 0.0675. The molecule has 0 unspecified atom stereocenters. The molecule has 0 radical (unpaired) electrons. The van der Waals surface area contributed by atoms with Crippen LogP contribution < -0.4 is 5.32 Å². The second kappa shape index (κ2) is 6.02. The first-order chi connectivity index (χ1) is 10.8. The summed E-state index contributed by atoms with van der Waals surface area (Å²) in [6.45, 7) is 4.53. The van der Waals surface area contributed by atoms with Crippen molar-refractivity contribution in [1.29, 1.82) is 0 Å². The second-order valence-electron chi connectivity index (χ2n) is 5.89. The largest absolute Gasteiger partial charge is 0.333 e. The van der Waals surface area contributed by atoms with E-state index in [1.807, 2.05) is 27.7 Å². The molecule has 0 aliphatic carbocycles. The average molecular weight is 333 g/mol. The van der Waals surface area contributed by atoms with Crippen molar-refractivity contribution in [1.82, 2.24) is 15.1 Å². The average Bonchev–Trinajstić information content (AvgIpc) is 3.14. The van der Waals surface area contributed by atoms with E-state index in [0.29, 0.717) is 12.6 Å². The predicted octanol–water partition coefficient (Wildman–Crippen LogP) is 2.76. The zero-order valence-corrected chi connectivity index (χ0v) is 14.0. The normalized spacial score (nSPS) is 18.8. The van der Waals surface area contributed by atoms with Crippen LogP contribution in [0.2, 0.25) is 0 Å². The SMILES string of the molecule is O=C(NCc1cccs1)N1CC(N2CCc3sccc3C2)C1. The third-order valence-corrected chi connectivity index (χ3v) is 6.40. The van der Waals surface area contributed by atoms with E-state index >= 15 is 0 Å². The number of likely N-dealkylation sites (tertiary alicyclic amines) is 1. The van der Waals surface area contributed by atoms with Gasteiger partial charge in [0, 0.05) is 42.0 Å². The lowest BCUT2D eigenvalue weighted by Gasteiger charge is -2.46. The monoisotopic (exact) mass is 333 g/mol. The van der Waals surface area contributed by atoms with Crippen molar-refractivity contribution in [2.24, 2.45) is 0 Å². The summed E-state index contributed by atoms with van der Waals surface area (Å²) in [6.07, 6.45) is 1.16. The van der Waals surface area contributed by atoms with Gasteiger partial charge in [0.05, 0.1) is 6.54 Å². The predicted molar refractivity (Wildman–Crippen MR) is 90.3 cm³/mol. The highest BCUT2D eigenvalue weighted by atomic mass is 32.1. The quantitative estimate of drug-likeness (QED) is 0.937. The highest BCUT2D eigenvalue weighted by Crippen LogP contribution is 2.27. The lowest BCUT2D eigenvalue weighted by molar-refractivity contribution is 0.0487. The molecule has 2 aromatic rings. The van der Waals surface area contributed by atoms with E-state index < -0.39 is 0 Å². The van der Waals surface area contributed by atoms with Gasteiger partial charge in [0.25, 0.3) is 0 Å². The fourth-order valence-electron chi connectivity index (χ4n) is 3.12. The third-order valence-electron chi connectivity index (χ3n) is 4.50. The number of urea groups is 1. The Kier molecular flexibility index (Phi) is 3.90. The number of amides is 2. The number of rotatable bonds is 3. The fourth-order valence-corrected chi connectivity index (χ4v) is 4.66. The topological polar surface area (TPSA) is 35.6 Å². The Morgan fingerprint density at radius 2 is 2.18 bits per heavy atom. The molecule has 116 valence electrons. The highest BCUT2D eigenvalue weighted by Gasteiger charge is 2.36. The second-order valence-corrected chi connectivity index (χ2v) is 7.92. The molecule has 0 bridgehead atoms. The molecule has 0 aromatic carbocycles. The van der Waals surface area contributed by atoms with Crippen LogP contribution in [0.15, 0.2) is 29.0 Å². The smallest absolute Gasteiger partial charge is 0.317 e. The van der Waals surface area contributed by atoms with Gasteiger partial charge in [0.15, 0.2) is 0 Å².